The van der Waals surface area contributed by atoms with Crippen LogP contribution in [-0.4, -0.2) is 26.5 Å². The average molecular weight is 569 g/mol. The molecule has 5 aromatic rings. The van der Waals surface area contributed by atoms with Crippen molar-refractivity contribution in [3.05, 3.63) is 108 Å². The van der Waals surface area contributed by atoms with Gasteiger partial charge in [-0.15, -0.1) is 0 Å². The van der Waals surface area contributed by atoms with E-state index in [4.69, 9.17) is 10.5 Å². The minimum atomic E-state index is -1.39. The van der Waals surface area contributed by atoms with Gasteiger partial charge in [-0.25, -0.2) is 13.3 Å². The van der Waals surface area contributed by atoms with Crippen molar-refractivity contribution in [1.29, 1.82) is 0 Å². The van der Waals surface area contributed by atoms with Gasteiger partial charge in [0.1, 0.15) is 16.7 Å². The van der Waals surface area contributed by atoms with E-state index in [1.807, 2.05) is 30.3 Å². The lowest BCUT2D eigenvalue weighted by Crippen LogP contribution is -2.41. The van der Waals surface area contributed by atoms with E-state index in [1.54, 1.807) is 23.7 Å². The lowest BCUT2D eigenvalue weighted by atomic mass is 10.0. The zero-order valence-corrected chi connectivity index (χ0v) is 22.5. The number of aliphatic hydroxyl groups is 1. The number of anilines is 2. The number of hydrogen-bond donors (Lipinski definition) is 2. The predicted molar refractivity (Wildman–Crippen MR) is 152 cm³/mol. The molecule has 1 atom stereocenters. The number of aliphatic hydroxyl groups excluding tert-OH is 1. The SMILES string of the molecule is CC(O)c1cccc(-c2ccn3nccc(Oc4ccc(N(C(=O)C5(C(N)=O)CC5)c5ccc(F)cc5)cc4F)c23)c1. The van der Waals surface area contributed by atoms with Gasteiger partial charge in [0.25, 0.3) is 0 Å². The van der Waals surface area contributed by atoms with Crippen LogP contribution in [0.15, 0.2) is 91.3 Å². The van der Waals surface area contributed by atoms with Crippen LogP contribution in [0.1, 0.15) is 31.4 Å². The van der Waals surface area contributed by atoms with Gasteiger partial charge in [-0.3, -0.25) is 14.5 Å². The number of ether oxygens (including phenoxy) is 1. The molecule has 0 bridgehead atoms. The topological polar surface area (TPSA) is 110 Å². The van der Waals surface area contributed by atoms with E-state index < -0.39 is 35.0 Å². The van der Waals surface area contributed by atoms with Crippen molar-refractivity contribution in [2.45, 2.75) is 25.9 Å². The van der Waals surface area contributed by atoms with Gasteiger partial charge in [0, 0.05) is 29.6 Å². The Hall–Kier alpha value is -5.09. The molecule has 0 spiro atoms. The Morgan fingerprint density at radius 1 is 1.00 bits per heavy atom. The van der Waals surface area contributed by atoms with Gasteiger partial charge in [0.05, 0.1) is 18.0 Å². The fraction of sp³-hybridized carbons (Fsp3) is 0.156. The van der Waals surface area contributed by atoms with Crippen molar-refractivity contribution in [1.82, 2.24) is 9.61 Å². The molecule has 2 heterocycles. The summed E-state index contributed by atoms with van der Waals surface area (Å²) < 4.78 is 37.0. The zero-order valence-electron chi connectivity index (χ0n) is 22.5. The van der Waals surface area contributed by atoms with Crippen LogP contribution in [0.2, 0.25) is 0 Å². The third kappa shape index (κ3) is 4.75. The van der Waals surface area contributed by atoms with E-state index in [0.29, 0.717) is 11.3 Å². The van der Waals surface area contributed by atoms with E-state index in [2.05, 4.69) is 5.10 Å². The lowest BCUT2D eigenvalue weighted by molar-refractivity contribution is -0.133. The quantitative estimate of drug-likeness (QED) is 0.221. The highest BCUT2D eigenvalue weighted by Gasteiger charge is 2.57. The Morgan fingerprint density at radius 3 is 2.40 bits per heavy atom. The van der Waals surface area contributed by atoms with Crippen LogP contribution in [0.3, 0.4) is 0 Å². The number of benzene rings is 3. The van der Waals surface area contributed by atoms with Gasteiger partial charge < -0.3 is 15.6 Å². The number of nitrogens with two attached hydrogens (primary N) is 1. The summed E-state index contributed by atoms with van der Waals surface area (Å²) in [6, 6.07) is 20.0. The summed E-state index contributed by atoms with van der Waals surface area (Å²) in [5.41, 5.74) is 7.46. The van der Waals surface area contributed by atoms with Crippen LogP contribution in [0, 0.1) is 17.0 Å². The van der Waals surface area contributed by atoms with E-state index in [-0.39, 0.29) is 30.0 Å². The molecule has 212 valence electrons. The van der Waals surface area contributed by atoms with Crippen LogP contribution in [0.4, 0.5) is 20.2 Å². The standard InChI is InChI=1S/C32H26F2N4O4/c1-19(39)20-3-2-4-21(17-20)25-12-16-37-29(25)28(11-15-36-37)42-27-10-9-24(18-26(27)34)38(23-7-5-22(33)6-8-23)31(41)32(13-14-32)30(35)40/h2-12,15-19,39H,13-14H2,1H3,(H2,35,40). The van der Waals surface area contributed by atoms with Gasteiger partial charge in [-0.2, -0.15) is 5.10 Å². The third-order valence-corrected chi connectivity index (χ3v) is 7.51. The molecule has 3 N–H and O–H groups in total. The molecule has 0 saturated heterocycles. The fourth-order valence-corrected chi connectivity index (χ4v) is 5.01. The van der Waals surface area contributed by atoms with E-state index in [0.717, 1.165) is 22.8 Å². The van der Waals surface area contributed by atoms with Gasteiger partial charge in [-0.05, 0) is 79.4 Å². The first-order chi connectivity index (χ1) is 20.2. The maximum Gasteiger partial charge on any atom is 0.247 e. The Labute approximate surface area is 239 Å². The Balaban J connectivity index is 1.37. The summed E-state index contributed by atoms with van der Waals surface area (Å²) in [5.74, 6) is -2.43. The third-order valence-electron chi connectivity index (χ3n) is 7.51. The van der Waals surface area contributed by atoms with E-state index >= 15 is 4.39 Å². The van der Waals surface area contributed by atoms with Gasteiger partial charge in [0.15, 0.2) is 17.3 Å². The number of aromatic nitrogens is 2. The first kappa shape index (κ1) is 27.1. The van der Waals surface area contributed by atoms with Crippen molar-refractivity contribution in [2.24, 2.45) is 11.1 Å². The maximum atomic E-state index is 15.6. The highest BCUT2D eigenvalue weighted by Crippen LogP contribution is 2.49. The number of carbonyl (C=O) groups excluding carboxylic acids is 2. The van der Waals surface area contributed by atoms with Crippen molar-refractivity contribution < 1.29 is 28.2 Å². The number of hydrogen-bond acceptors (Lipinski definition) is 5. The second kappa shape index (κ2) is 10.4. The van der Waals surface area contributed by atoms with Crippen LogP contribution >= 0.6 is 0 Å². The number of halogens is 2. The Kier molecular flexibility index (Phi) is 6.70. The number of rotatable bonds is 8. The first-order valence-corrected chi connectivity index (χ1v) is 13.3. The Morgan fingerprint density at radius 2 is 1.74 bits per heavy atom. The van der Waals surface area contributed by atoms with Crippen molar-refractivity contribution in [3.63, 3.8) is 0 Å². The predicted octanol–water partition coefficient (Wildman–Crippen LogP) is 6.06. The molecule has 0 aliphatic heterocycles. The van der Waals surface area contributed by atoms with Crippen LogP contribution in [-0.2, 0) is 9.59 Å². The van der Waals surface area contributed by atoms with E-state index in [1.165, 1.54) is 47.5 Å². The molecule has 3 aromatic carbocycles. The molecule has 2 amide bonds. The second-order valence-corrected chi connectivity index (χ2v) is 10.3. The van der Waals surface area contributed by atoms with Gasteiger partial charge in [-0.1, -0.05) is 18.2 Å². The molecule has 1 fully saturated rings. The molecule has 0 radical (unpaired) electrons. The molecule has 2 aromatic heterocycles. The summed E-state index contributed by atoms with van der Waals surface area (Å²) in [7, 11) is 0. The number of fused-ring (bicyclic) bond motifs is 1. The van der Waals surface area contributed by atoms with Crippen LogP contribution < -0.4 is 15.4 Å². The van der Waals surface area contributed by atoms with Crippen LogP contribution in [0.5, 0.6) is 11.5 Å². The molecular weight excluding hydrogens is 542 g/mol. The van der Waals surface area contributed by atoms with Gasteiger partial charge in [0.2, 0.25) is 11.8 Å². The fourth-order valence-electron chi connectivity index (χ4n) is 5.01. The van der Waals surface area contributed by atoms with Crippen molar-refractivity contribution >= 4 is 28.7 Å². The number of amides is 2. The minimum Gasteiger partial charge on any atom is -0.452 e. The largest absolute Gasteiger partial charge is 0.452 e. The molecule has 1 aliphatic rings. The Bertz CT molecular complexity index is 1830. The normalized spacial score (nSPS) is 14.4. The average Bonchev–Trinajstić information content (AvgIpc) is 3.69. The number of primary amides is 1. The highest BCUT2D eigenvalue weighted by molar-refractivity contribution is 6.16. The molecule has 10 heteroatoms. The zero-order chi connectivity index (χ0) is 29.6. The summed E-state index contributed by atoms with van der Waals surface area (Å²) in [6.45, 7) is 1.68. The molecule has 8 nitrogen and oxygen atoms in total. The first-order valence-electron chi connectivity index (χ1n) is 13.3. The van der Waals surface area contributed by atoms with Crippen molar-refractivity contribution in [2.75, 3.05) is 4.90 Å². The summed E-state index contributed by atoms with van der Waals surface area (Å²) in [6.07, 6.45) is 3.18. The maximum absolute atomic E-state index is 15.6. The lowest BCUT2D eigenvalue weighted by Gasteiger charge is -2.26. The summed E-state index contributed by atoms with van der Waals surface area (Å²) >= 11 is 0. The molecule has 1 saturated carbocycles. The smallest absolute Gasteiger partial charge is 0.247 e. The number of nitrogens with zero attached hydrogens (tertiary/aromatic N) is 3. The van der Waals surface area contributed by atoms with Crippen LogP contribution in [0.25, 0.3) is 16.6 Å². The molecule has 1 unspecified atom stereocenters. The summed E-state index contributed by atoms with van der Waals surface area (Å²) in [4.78, 5) is 26.9. The molecule has 6 rings (SSSR count). The molecular formula is C32H26F2N4O4. The van der Waals surface area contributed by atoms with Gasteiger partial charge >= 0.3 is 0 Å². The highest BCUT2D eigenvalue weighted by atomic mass is 19.1. The molecule has 42 heavy (non-hydrogen) atoms. The summed E-state index contributed by atoms with van der Waals surface area (Å²) in [5, 5.41) is 14.4. The molecule has 1 aliphatic carbocycles. The minimum absolute atomic E-state index is 0.112. The van der Waals surface area contributed by atoms with E-state index in [9.17, 15) is 19.1 Å². The number of carbonyl (C=O) groups is 2. The monoisotopic (exact) mass is 568 g/mol. The van der Waals surface area contributed by atoms with Crippen molar-refractivity contribution in [3.8, 4) is 22.6 Å². The second-order valence-electron chi connectivity index (χ2n) is 10.3.